The van der Waals surface area contributed by atoms with E-state index in [9.17, 15) is 9.90 Å². The molecular weight excluding hydrogens is 378 g/mol. The van der Waals surface area contributed by atoms with Crippen molar-refractivity contribution in [3.63, 3.8) is 0 Å². The predicted molar refractivity (Wildman–Crippen MR) is 111 cm³/mol. The van der Waals surface area contributed by atoms with E-state index in [-0.39, 0.29) is 0 Å². The summed E-state index contributed by atoms with van der Waals surface area (Å²) < 4.78 is 6.12. The molecule has 1 N–H and O–H groups in total. The Hall–Kier alpha value is -1.76. The van der Waals surface area contributed by atoms with Crippen molar-refractivity contribution in [3.8, 4) is 5.75 Å². The summed E-state index contributed by atoms with van der Waals surface area (Å²) in [6, 6.07) is 8.25. The van der Waals surface area contributed by atoms with E-state index in [0.29, 0.717) is 6.61 Å². The summed E-state index contributed by atoms with van der Waals surface area (Å²) in [7, 11) is 2.17. The van der Waals surface area contributed by atoms with Crippen molar-refractivity contribution in [1.82, 2.24) is 4.90 Å². The number of carbonyl (C=O) groups is 1. The fourth-order valence-corrected chi connectivity index (χ4v) is 5.45. The number of thiophene rings is 1. The maximum absolute atomic E-state index is 11.3. The molecule has 2 aliphatic rings. The van der Waals surface area contributed by atoms with Gasteiger partial charge in [0.05, 0.1) is 0 Å². The molecule has 1 unspecified atom stereocenters. The van der Waals surface area contributed by atoms with Gasteiger partial charge in [-0.1, -0.05) is 5.57 Å². The van der Waals surface area contributed by atoms with E-state index in [0.717, 1.165) is 42.1 Å². The van der Waals surface area contributed by atoms with Crippen LogP contribution in [-0.4, -0.2) is 41.4 Å². The fourth-order valence-electron chi connectivity index (χ4n) is 3.59. The molecule has 1 saturated heterocycles. The van der Waals surface area contributed by atoms with Crippen LogP contribution in [0.3, 0.4) is 0 Å². The second-order valence-corrected chi connectivity index (χ2v) is 9.43. The summed E-state index contributed by atoms with van der Waals surface area (Å²) in [5, 5.41) is 10.9. The number of hydrogen-bond acceptors (Lipinski definition) is 5. The van der Waals surface area contributed by atoms with E-state index < -0.39 is 11.2 Å². The number of ether oxygens (including phenoxy) is 1. The standard InChI is InChI=1S/C21H23NO3S2/c1-13(21(23)24)27-16-3-4-18-17(11-16)19(14-5-8-22(2)9-6-14)20-15(12-25-18)7-10-26-20/h3-4,7,10-11,13H,5-6,8-9,12H2,1-2H3,(H,23,24). The second-order valence-electron chi connectivity index (χ2n) is 7.10. The molecule has 142 valence electrons. The van der Waals surface area contributed by atoms with Crippen LogP contribution in [0.15, 0.2) is 40.1 Å². The van der Waals surface area contributed by atoms with Crippen LogP contribution in [0.1, 0.15) is 35.8 Å². The van der Waals surface area contributed by atoms with Gasteiger partial charge in [-0.25, -0.2) is 0 Å². The number of likely N-dealkylation sites (tertiary alicyclic amines) is 1. The van der Waals surface area contributed by atoms with Crippen LogP contribution >= 0.6 is 23.1 Å². The van der Waals surface area contributed by atoms with E-state index in [4.69, 9.17) is 4.74 Å². The molecule has 1 fully saturated rings. The largest absolute Gasteiger partial charge is 0.488 e. The molecule has 2 aromatic rings. The van der Waals surface area contributed by atoms with Gasteiger partial charge in [0.25, 0.3) is 0 Å². The van der Waals surface area contributed by atoms with Gasteiger partial charge >= 0.3 is 5.97 Å². The van der Waals surface area contributed by atoms with Crippen molar-refractivity contribution in [1.29, 1.82) is 0 Å². The monoisotopic (exact) mass is 401 g/mol. The first-order valence-electron chi connectivity index (χ1n) is 9.17. The normalized spacial score (nSPS) is 18.3. The minimum Gasteiger partial charge on any atom is -0.488 e. The van der Waals surface area contributed by atoms with E-state index in [1.807, 2.05) is 12.1 Å². The Labute approximate surface area is 167 Å². The van der Waals surface area contributed by atoms with E-state index >= 15 is 0 Å². The zero-order valence-electron chi connectivity index (χ0n) is 15.5. The van der Waals surface area contributed by atoms with Crippen molar-refractivity contribution in [2.75, 3.05) is 20.1 Å². The van der Waals surface area contributed by atoms with Gasteiger partial charge in [-0.2, -0.15) is 0 Å². The molecule has 0 bridgehead atoms. The Balaban J connectivity index is 1.82. The van der Waals surface area contributed by atoms with Gasteiger partial charge in [0.15, 0.2) is 0 Å². The van der Waals surface area contributed by atoms with Crippen molar-refractivity contribution < 1.29 is 14.6 Å². The van der Waals surface area contributed by atoms with Gasteiger partial charge in [-0.3, -0.25) is 4.79 Å². The average molecular weight is 402 g/mol. The van der Waals surface area contributed by atoms with Crippen LogP contribution in [-0.2, 0) is 11.4 Å². The Morgan fingerprint density at radius 3 is 2.81 bits per heavy atom. The third-order valence-corrected chi connectivity index (χ3v) is 7.24. The molecule has 1 aromatic heterocycles. The van der Waals surface area contributed by atoms with Crippen LogP contribution in [0, 0.1) is 0 Å². The molecule has 0 amide bonds. The number of rotatable bonds is 3. The number of carboxylic acid groups (broad SMARTS) is 1. The fraction of sp³-hybridized carbons (Fsp3) is 0.381. The molecule has 4 nitrogen and oxygen atoms in total. The predicted octanol–water partition coefficient (Wildman–Crippen LogP) is 4.73. The van der Waals surface area contributed by atoms with E-state index in [1.165, 1.54) is 33.3 Å². The zero-order chi connectivity index (χ0) is 19.0. The van der Waals surface area contributed by atoms with Crippen molar-refractivity contribution >= 4 is 34.6 Å². The van der Waals surface area contributed by atoms with Crippen LogP contribution in [0.4, 0.5) is 0 Å². The van der Waals surface area contributed by atoms with Gasteiger partial charge in [0.2, 0.25) is 0 Å². The Bertz CT molecular complexity index is 893. The Morgan fingerprint density at radius 2 is 2.07 bits per heavy atom. The number of aliphatic carboxylic acids is 1. The topological polar surface area (TPSA) is 49.8 Å². The molecule has 0 spiro atoms. The van der Waals surface area contributed by atoms with Gasteiger partial charge in [-0.05, 0) is 56.5 Å². The summed E-state index contributed by atoms with van der Waals surface area (Å²) in [5.74, 6) is 0.104. The van der Waals surface area contributed by atoms with Crippen LogP contribution < -0.4 is 4.74 Å². The number of thioether (sulfide) groups is 1. The molecule has 0 aliphatic carbocycles. The molecule has 1 aromatic carbocycles. The summed E-state index contributed by atoms with van der Waals surface area (Å²) >= 11 is 3.16. The summed E-state index contributed by atoms with van der Waals surface area (Å²) in [6.07, 6.45) is 2.12. The highest BCUT2D eigenvalue weighted by Gasteiger charge is 2.26. The highest BCUT2D eigenvalue weighted by Crippen LogP contribution is 2.44. The second kappa shape index (κ2) is 7.70. The third kappa shape index (κ3) is 3.79. The molecule has 3 heterocycles. The van der Waals surface area contributed by atoms with Gasteiger partial charge in [0, 0.05) is 39.6 Å². The number of piperidine rings is 1. The lowest BCUT2D eigenvalue weighted by Crippen LogP contribution is -2.26. The molecule has 27 heavy (non-hydrogen) atoms. The summed E-state index contributed by atoms with van der Waals surface area (Å²) in [6.45, 7) is 4.45. The lowest BCUT2D eigenvalue weighted by molar-refractivity contribution is -0.136. The molecule has 6 heteroatoms. The highest BCUT2D eigenvalue weighted by atomic mass is 32.2. The Kier molecular flexibility index (Phi) is 5.30. The molecular formula is C21H23NO3S2. The van der Waals surface area contributed by atoms with Crippen LogP contribution in [0.25, 0.3) is 5.57 Å². The van der Waals surface area contributed by atoms with E-state index in [2.05, 4.69) is 29.5 Å². The Morgan fingerprint density at radius 1 is 1.30 bits per heavy atom. The van der Waals surface area contributed by atoms with Gasteiger partial charge in [0.1, 0.15) is 17.6 Å². The SMILES string of the molecule is CC(Sc1ccc2c(c1)C(=C1CCN(C)CC1)c1sccc1CO2)C(=O)O. The highest BCUT2D eigenvalue weighted by molar-refractivity contribution is 8.00. The molecule has 0 radical (unpaired) electrons. The zero-order valence-corrected chi connectivity index (χ0v) is 17.2. The maximum Gasteiger partial charge on any atom is 0.316 e. The lowest BCUT2D eigenvalue weighted by Gasteiger charge is -2.26. The van der Waals surface area contributed by atoms with Crippen LogP contribution in [0.2, 0.25) is 0 Å². The number of nitrogens with zero attached hydrogens (tertiary/aromatic N) is 1. The quantitative estimate of drug-likeness (QED) is 0.753. The maximum atomic E-state index is 11.3. The number of benzene rings is 1. The minimum atomic E-state index is -0.791. The average Bonchev–Trinajstić information content (AvgIpc) is 3.05. The number of fused-ring (bicyclic) bond motifs is 2. The molecule has 0 saturated carbocycles. The van der Waals surface area contributed by atoms with Crippen molar-refractivity contribution in [2.24, 2.45) is 0 Å². The summed E-state index contributed by atoms with van der Waals surface area (Å²) in [5.41, 5.74) is 5.15. The first-order chi connectivity index (χ1) is 13.0. The van der Waals surface area contributed by atoms with Gasteiger partial charge < -0.3 is 14.7 Å². The first kappa shape index (κ1) is 18.6. The van der Waals surface area contributed by atoms with Crippen LogP contribution in [0.5, 0.6) is 5.75 Å². The minimum absolute atomic E-state index is 0.480. The molecule has 2 aliphatic heterocycles. The van der Waals surface area contributed by atoms with Crippen molar-refractivity contribution in [2.45, 2.75) is 36.5 Å². The van der Waals surface area contributed by atoms with Crippen molar-refractivity contribution in [3.05, 3.63) is 51.2 Å². The smallest absolute Gasteiger partial charge is 0.316 e. The number of carboxylic acids is 1. The third-order valence-electron chi connectivity index (χ3n) is 5.18. The molecule has 1 atom stereocenters. The van der Waals surface area contributed by atoms with Gasteiger partial charge in [-0.15, -0.1) is 23.1 Å². The summed E-state index contributed by atoms with van der Waals surface area (Å²) in [4.78, 5) is 15.9. The number of hydrogen-bond donors (Lipinski definition) is 1. The lowest BCUT2D eigenvalue weighted by atomic mass is 9.91. The van der Waals surface area contributed by atoms with E-state index in [1.54, 1.807) is 18.3 Å². The first-order valence-corrected chi connectivity index (χ1v) is 10.9. The molecule has 4 rings (SSSR count).